The van der Waals surface area contributed by atoms with Gasteiger partial charge >= 0.3 is 0 Å². The largest absolute Gasteiger partial charge is 0.341 e. The van der Waals surface area contributed by atoms with Gasteiger partial charge in [0, 0.05) is 26.2 Å². The molecule has 0 amide bonds. The molecule has 1 aliphatic rings. The Labute approximate surface area is 225 Å². The summed E-state index contributed by atoms with van der Waals surface area (Å²) >= 11 is 0. The zero-order valence-electron chi connectivity index (χ0n) is 22.1. The van der Waals surface area contributed by atoms with Gasteiger partial charge in [0.15, 0.2) is 5.52 Å². The monoisotopic (exact) mass is 522 g/mol. The molecule has 0 atom stereocenters. The summed E-state index contributed by atoms with van der Waals surface area (Å²) in [5, 5.41) is 24.1. The van der Waals surface area contributed by atoms with Crippen molar-refractivity contribution < 1.29 is 0 Å². The lowest BCUT2D eigenvalue weighted by atomic mass is 10.00. The number of nitrogens with zero attached hydrogens (tertiary/aromatic N) is 7. The van der Waals surface area contributed by atoms with Gasteiger partial charge in [-0.3, -0.25) is 9.59 Å². The van der Waals surface area contributed by atoms with Crippen molar-refractivity contribution >= 4 is 27.8 Å². The number of aromatic nitrogens is 4. The lowest BCUT2D eigenvalue weighted by Crippen LogP contribution is -2.39. The average molecular weight is 523 g/mol. The number of nitrogens with one attached hydrogen (secondary N) is 1. The van der Waals surface area contributed by atoms with E-state index in [4.69, 9.17) is 4.98 Å². The van der Waals surface area contributed by atoms with Gasteiger partial charge in [-0.15, -0.1) is 0 Å². The van der Waals surface area contributed by atoms with Crippen molar-refractivity contribution in [1.29, 1.82) is 10.5 Å². The molecule has 1 saturated heterocycles. The Bertz CT molecular complexity index is 1780. The Morgan fingerprint density at radius 1 is 1.03 bits per heavy atom. The van der Waals surface area contributed by atoms with Crippen LogP contribution in [0.15, 0.2) is 57.6 Å². The summed E-state index contributed by atoms with van der Waals surface area (Å²) in [5.74, 6) is 0.588. The fraction of sp³-hybridized carbons (Fsp3) is 0.345. The molecule has 5 rings (SSSR count). The second-order valence-corrected chi connectivity index (χ2v) is 9.91. The third-order valence-electron chi connectivity index (χ3n) is 7.09. The predicted molar refractivity (Wildman–Crippen MR) is 151 cm³/mol. The van der Waals surface area contributed by atoms with E-state index in [1.54, 1.807) is 12.1 Å². The molecule has 10 nitrogen and oxygen atoms in total. The molecular weight excluding hydrogens is 492 g/mol. The molecule has 0 unspecified atom stereocenters. The number of nitriles is 2. The molecule has 3 heterocycles. The Kier molecular flexibility index (Phi) is 7.31. The van der Waals surface area contributed by atoms with Gasteiger partial charge in [-0.05, 0) is 49.2 Å². The minimum absolute atomic E-state index is 0.0642. The molecule has 0 aliphatic carbocycles. The Balaban J connectivity index is 1.77. The Hall–Kier alpha value is -4.67. The number of allylic oxidation sites excluding steroid dienone is 2. The molecule has 2 aromatic heterocycles. The number of benzene rings is 2. The van der Waals surface area contributed by atoms with Crippen LogP contribution in [0.1, 0.15) is 31.4 Å². The minimum Gasteiger partial charge on any atom is -0.341 e. The van der Waals surface area contributed by atoms with Crippen LogP contribution in [0.5, 0.6) is 0 Å². The number of anilines is 1. The zero-order chi connectivity index (χ0) is 27.5. The first-order valence-electron chi connectivity index (χ1n) is 13.1. The standard InChI is InChI=1S/C29H30N8O2/c1-20(2)10-15-35-26-25(33-29(35)34-14-5-12-32-13-17-34)27(38)36(16-11-30)37(28(26)39)19-22-9-8-21(18-31)23-6-3-4-7-24(22)23/h3-4,6-10,32H,5,12-17,19H2,1-2H3. The number of hydrogen-bond donors (Lipinski definition) is 1. The molecule has 4 aromatic rings. The van der Waals surface area contributed by atoms with Crippen molar-refractivity contribution in [3.63, 3.8) is 0 Å². The van der Waals surface area contributed by atoms with Crippen LogP contribution in [-0.4, -0.2) is 45.1 Å². The second kappa shape index (κ2) is 11.0. The van der Waals surface area contributed by atoms with Gasteiger partial charge in [0.1, 0.15) is 12.1 Å². The summed E-state index contributed by atoms with van der Waals surface area (Å²) in [7, 11) is 0. The first-order valence-corrected chi connectivity index (χ1v) is 13.1. The van der Waals surface area contributed by atoms with E-state index in [-0.39, 0.29) is 29.7 Å². The molecule has 1 N–H and O–H groups in total. The molecule has 0 spiro atoms. The third-order valence-corrected chi connectivity index (χ3v) is 7.09. The molecule has 0 bridgehead atoms. The van der Waals surface area contributed by atoms with Gasteiger partial charge in [0.05, 0.1) is 24.2 Å². The van der Waals surface area contributed by atoms with Crippen LogP contribution in [0.4, 0.5) is 5.95 Å². The molecule has 1 fully saturated rings. The summed E-state index contributed by atoms with van der Waals surface area (Å²) < 4.78 is 4.36. The summed E-state index contributed by atoms with van der Waals surface area (Å²) in [6.45, 7) is 7.28. The van der Waals surface area contributed by atoms with E-state index in [1.807, 2.05) is 54.8 Å². The third kappa shape index (κ3) is 4.83. The molecule has 1 aliphatic heterocycles. The number of rotatable bonds is 6. The Morgan fingerprint density at radius 2 is 1.82 bits per heavy atom. The van der Waals surface area contributed by atoms with E-state index in [0.29, 0.717) is 24.6 Å². The van der Waals surface area contributed by atoms with Gasteiger partial charge in [0.2, 0.25) is 5.95 Å². The lowest BCUT2D eigenvalue weighted by molar-refractivity contribution is 0.480. The molecular formula is C29H30N8O2. The predicted octanol–water partition coefficient (Wildman–Crippen LogP) is 2.72. The molecule has 0 radical (unpaired) electrons. The van der Waals surface area contributed by atoms with E-state index >= 15 is 0 Å². The van der Waals surface area contributed by atoms with Crippen LogP contribution in [-0.2, 0) is 19.6 Å². The van der Waals surface area contributed by atoms with Crippen molar-refractivity contribution in [3.05, 3.63) is 79.9 Å². The van der Waals surface area contributed by atoms with E-state index in [9.17, 15) is 20.1 Å². The van der Waals surface area contributed by atoms with Gasteiger partial charge in [-0.25, -0.2) is 14.3 Å². The van der Waals surface area contributed by atoms with E-state index in [1.165, 1.54) is 9.36 Å². The summed E-state index contributed by atoms with van der Waals surface area (Å²) in [6.07, 6.45) is 2.93. The van der Waals surface area contributed by atoms with Crippen molar-refractivity contribution in [2.45, 2.75) is 39.9 Å². The van der Waals surface area contributed by atoms with E-state index < -0.39 is 5.56 Å². The second-order valence-electron chi connectivity index (χ2n) is 9.91. The molecule has 39 heavy (non-hydrogen) atoms. The van der Waals surface area contributed by atoms with Crippen molar-refractivity contribution in [2.24, 2.45) is 0 Å². The smallest absolute Gasteiger partial charge is 0.294 e. The number of fused-ring (bicyclic) bond motifs is 2. The first kappa shape index (κ1) is 26.0. The van der Waals surface area contributed by atoms with Crippen molar-refractivity contribution in [3.8, 4) is 12.1 Å². The van der Waals surface area contributed by atoms with Crippen LogP contribution in [0, 0.1) is 22.7 Å². The highest BCUT2D eigenvalue weighted by atomic mass is 16.2. The average Bonchev–Trinajstić information content (AvgIpc) is 3.11. The van der Waals surface area contributed by atoms with Crippen LogP contribution < -0.4 is 21.3 Å². The normalized spacial score (nSPS) is 13.7. The zero-order valence-corrected chi connectivity index (χ0v) is 22.1. The first-order chi connectivity index (χ1) is 18.9. The maximum absolute atomic E-state index is 14.2. The number of imidazole rings is 1. The molecule has 198 valence electrons. The SMILES string of the molecule is CC(C)=CCn1c(N2CCCNCC2)nc2c(=O)n(CC#N)n(Cc3ccc(C#N)c4ccccc34)c(=O)c21. The highest BCUT2D eigenvalue weighted by Crippen LogP contribution is 2.24. The number of hydrogen-bond acceptors (Lipinski definition) is 7. The van der Waals surface area contributed by atoms with Crippen molar-refractivity contribution in [2.75, 3.05) is 31.1 Å². The van der Waals surface area contributed by atoms with Crippen LogP contribution in [0.2, 0.25) is 0 Å². The summed E-state index contributed by atoms with van der Waals surface area (Å²) in [5.41, 5.74) is 1.83. The maximum atomic E-state index is 14.2. The van der Waals surface area contributed by atoms with E-state index in [0.717, 1.165) is 48.0 Å². The Morgan fingerprint density at radius 3 is 2.56 bits per heavy atom. The fourth-order valence-electron chi connectivity index (χ4n) is 5.14. The van der Waals surface area contributed by atoms with Crippen LogP contribution >= 0.6 is 0 Å². The highest BCUT2D eigenvalue weighted by molar-refractivity contribution is 5.90. The molecule has 2 aromatic carbocycles. The quantitative estimate of drug-likeness (QED) is 0.386. The van der Waals surface area contributed by atoms with Gasteiger partial charge in [-0.2, -0.15) is 10.5 Å². The fourth-order valence-corrected chi connectivity index (χ4v) is 5.14. The summed E-state index contributed by atoms with van der Waals surface area (Å²) in [6, 6.07) is 15.3. The van der Waals surface area contributed by atoms with Gasteiger partial charge in [0.25, 0.3) is 11.1 Å². The van der Waals surface area contributed by atoms with Gasteiger partial charge in [-0.1, -0.05) is 42.0 Å². The van der Waals surface area contributed by atoms with E-state index in [2.05, 4.69) is 16.3 Å². The van der Waals surface area contributed by atoms with Gasteiger partial charge < -0.3 is 14.8 Å². The van der Waals surface area contributed by atoms with Crippen LogP contribution in [0.3, 0.4) is 0 Å². The highest BCUT2D eigenvalue weighted by Gasteiger charge is 2.25. The maximum Gasteiger partial charge on any atom is 0.294 e. The molecule has 0 saturated carbocycles. The lowest BCUT2D eigenvalue weighted by Gasteiger charge is -2.22. The van der Waals surface area contributed by atoms with Crippen molar-refractivity contribution in [1.82, 2.24) is 24.2 Å². The molecule has 10 heteroatoms. The minimum atomic E-state index is -0.478. The summed E-state index contributed by atoms with van der Waals surface area (Å²) in [4.78, 5) is 34.8. The topological polar surface area (TPSA) is 125 Å². The van der Waals surface area contributed by atoms with Crippen LogP contribution in [0.25, 0.3) is 21.8 Å².